The van der Waals surface area contributed by atoms with Crippen LogP contribution in [0.4, 0.5) is 0 Å². The van der Waals surface area contributed by atoms with E-state index in [-0.39, 0.29) is 0 Å². The van der Waals surface area contributed by atoms with Gasteiger partial charge in [-0.25, -0.2) is 0 Å². The fourth-order valence-electron chi connectivity index (χ4n) is 1.06. The number of hydrogen-bond acceptors (Lipinski definition) is 0. The zero-order valence-electron chi connectivity index (χ0n) is 7.26. The van der Waals surface area contributed by atoms with E-state index in [1.165, 1.54) is 11.1 Å². The van der Waals surface area contributed by atoms with Crippen molar-refractivity contribution in [3.63, 3.8) is 0 Å². The maximum absolute atomic E-state index is 5.78. The second-order valence-corrected chi connectivity index (χ2v) is 2.91. The number of halogens is 1. The minimum Gasteiger partial charge on any atom is -0.122 e. The SMILES string of the molecule is CC/C=C/c1ccccc1CCl. The molecule has 0 aromatic heterocycles. The average molecular weight is 181 g/mol. The Labute approximate surface area is 78.9 Å². The molecule has 0 nitrogen and oxygen atoms in total. The van der Waals surface area contributed by atoms with Gasteiger partial charge in [-0.15, -0.1) is 11.6 Å². The molecule has 1 aromatic carbocycles. The third-order valence-electron chi connectivity index (χ3n) is 1.73. The van der Waals surface area contributed by atoms with Crippen LogP contribution in [0.2, 0.25) is 0 Å². The summed E-state index contributed by atoms with van der Waals surface area (Å²) in [4.78, 5) is 0. The van der Waals surface area contributed by atoms with E-state index in [0.29, 0.717) is 5.88 Å². The summed E-state index contributed by atoms with van der Waals surface area (Å²) in [6, 6.07) is 8.19. The van der Waals surface area contributed by atoms with Crippen LogP contribution in [0.1, 0.15) is 24.5 Å². The van der Waals surface area contributed by atoms with Gasteiger partial charge in [-0.2, -0.15) is 0 Å². The molecule has 0 saturated heterocycles. The first-order valence-electron chi connectivity index (χ1n) is 4.19. The van der Waals surface area contributed by atoms with Crippen LogP contribution in [0, 0.1) is 0 Å². The van der Waals surface area contributed by atoms with Gasteiger partial charge >= 0.3 is 0 Å². The van der Waals surface area contributed by atoms with Crippen molar-refractivity contribution in [3.8, 4) is 0 Å². The largest absolute Gasteiger partial charge is 0.122 e. The number of rotatable bonds is 3. The topological polar surface area (TPSA) is 0 Å². The Balaban J connectivity index is 2.89. The van der Waals surface area contributed by atoms with Crippen LogP contribution >= 0.6 is 11.6 Å². The molecule has 0 atom stereocenters. The van der Waals surface area contributed by atoms with Crippen molar-refractivity contribution in [2.24, 2.45) is 0 Å². The van der Waals surface area contributed by atoms with Crippen LogP contribution in [0.25, 0.3) is 6.08 Å². The Hall–Kier alpha value is -0.750. The van der Waals surface area contributed by atoms with Crippen molar-refractivity contribution in [3.05, 3.63) is 41.5 Å². The molecule has 0 aliphatic rings. The van der Waals surface area contributed by atoms with E-state index in [0.717, 1.165) is 6.42 Å². The summed E-state index contributed by atoms with van der Waals surface area (Å²) in [5.41, 5.74) is 2.43. The molecule has 0 spiro atoms. The summed E-state index contributed by atoms with van der Waals surface area (Å²) in [6.07, 6.45) is 5.33. The van der Waals surface area contributed by atoms with Crippen LogP contribution in [-0.2, 0) is 5.88 Å². The Kier molecular flexibility index (Phi) is 3.89. The molecule has 0 saturated carbocycles. The molecule has 0 N–H and O–H groups in total. The predicted octanol–water partition coefficient (Wildman–Crippen LogP) is 3.85. The molecule has 1 rings (SSSR count). The van der Waals surface area contributed by atoms with E-state index in [1.54, 1.807) is 0 Å². The third-order valence-corrected chi connectivity index (χ3v) is 2.02. The summed E-state index contributed by atoms with van der Waals surface area (Å²) in [7, 11) is 0. The first kappa shape index (κ1) is 9.34. The van der Waals surface area contributed by atoms with Gasteiger partial charge in [0.25, 0.3) is 0 Å². The van der Waals surface area contributed by atoms with Gasteiger partial charge in [0, 0.05) is 5.88 Å². The smallest absolute Gasteiger partial charge is 0.0479 e. The molecule has 0 aliphatic carbocycles. The van der Waals surface area contributed by atoms with Crippen molar-refractivity contribution in [1.29, 1.82) is 0 Å². The number of alkyl halides is 1. The summed E-state index contributed by atoms with van der Waals surface area (Å²) in [6.45, 7) is 2.12. The lowest BCUT2D eigenvalue weighted by molar-refractivity contribution is 1.23. The molecular weight excluding hydrogens is 168 g/mol. The van der Waals surface area contributed by atoms with Gasteiger partial charge in [0.2, 0.25) is 0 Å². The fraction of sp³-hybridized carbons (Fsp3) is 0.273. The summed E-state index contributed by atoms with van der Waals surface area (Å²) in [5, 5.41) is 0. The summed E-state index contributed by atoms with van der Waals surface area (Å²) >= 11 is 5.78. The van der Waals surface area contributed by atoms with Crippen LogP contribution in [0.5, 0.6) is 0 Å². The molecular formula is C11H13Cl. The maximum Gasteiger partial charge on any atom is 0.0479 e. The number of hydrogen-bond donors (Lipinski definition) is 0. The highest BCUT2D eigenvalue weighted by Crippen LogP contribution is 2.12. The van der Waals surface area contributed by atoms with E-state index in [2.05, 4.69) is 31.2 Å². The molecule has 12 heavy (non-hydrogen) atoms. The van der Waals surface area contributed by atoms with Gasteiger partial charge in [-0.1, -0.05) is 43.3 Å². The second-order valence-electron chi connectivity index (χ2n) is 2.64. The van der Waals surface area contributed by atoms with Gasteiger partial charge < -0.3 is 0 Å². The average Bonchev–Trinajstić information content (AvgIpc) is 2.15. The normalized spacial score (nSPS) is 10.8. The molecule has 0 radical (unpaired) electrons. The Morgan fingerprint density at radius 2 is 2.08 bits per heavy atom. The molecule has 0 aliphatic heterocycles. The van der Waals surface area contributed by atoms with E-state index in [9.17, 15) is 0 Å². The summed E-state index contributed by atoms with van der Waals surface area (Å²) in [5.74, 6) is 0.588. The predicted molar refractivity (Wildman–Crippen MR) is 55.3 cm³/mol. The molecule has 0 bridgehead atoms. The van der Waals surface area contributed by atoms with E-state index in [4.69, 9.17) is 11.6 Å². The van der Waals surface area contributed by atoms with Gasteiger partial charge in [0.05, 0.1) is 0 Å². The standard InChI is InChI=1S/C11H13Cl/c1-2-3-6-10-7-4-5-8-11(10)9-12/h3-8H,2,9H2,1H3/b6-3+. The van der Waals surface area contributed by atoms with Crippen LogP contribution in [0.15, 0.2) is 30.3 Å². The maximum atomic E-state index is 5.78. The van der Waals surface area contributed by atoms with Crippen molar-refractivity contribution < 1.29 is 0 Å². The highest BCUT2D eigenvalue weighted by atomic mass is 35.5. The van der Waals surface area contributed by atoms with E-state index in [1.807, 2.05) is 12.1 Å². The van der Waals surface area contributed by atoms with Crippen LogP contribution in [-0.4, -0.2) is 0 Å². The van der Waals surface area contributed by atoms with Gasteiger partial charge in [-0.05, 0) is 17.5 Å². The lowest BCUT2D eigenvalue weighted by Crippen LogP contribution is -1.82. The van der Waals surface area contributed by atoms with Crippen molar-refractivity contribution >= 4 is 17.7 Å². The van der Waals surface area contributed by atoms with Gasteiger partial charge in [0.1, 0.15) is 0 Å². The van der Waals surface area contributed by atoms with E-state index >= 15 is 0 Å². The summed E-state index contributed by atoms with van der Waals surface area (Å²) < 4.78 is 0. The highest BCUT2D eigenvalue weighted by molar-refractivity contribution is 6.17. The monoisotopic (exact) mass is 180 g/mol. The van der Waals surface area contributed by atoms with Crippen LogP contribution < -0.4 is 0 Å². The molecule has 64 valence electrons. The van der Waals surface area contributed by atoms with Crippen molar-refractivity contribution in [2.45, 2.75) is 19.2 Å². The number of benzene rings is 1. The first-order valence-corrected chi connectivity index (χ1v) is 4.72. The van der Waals surface area contributed by atoms with Gasteiger partial charge in [-0.3, -0.25) is 0 Å². The molecule has 1 heteroatoms. The van der Waals surface area contributed by atoms with Gasteiger partial charge in [0.15, 0.2) is 0 Å². The fourth-order valence-corrected chi connectivity index (χ4v) is 1.31. The molecule has 0 amide bonds. The Bertz CT molecular complexity index is 263. The minimum atomic E-state index is 0.588. The molecule has 0 fully saturated rings. The van der Waals surface area contributed by atoms with Crippen LogP contribution in [0.3, 0.4) is 0 Å². The highest BCUT2D eigenvalue weighted by Gasteiger charge is 1.94. The van der Waals surface area contributed by atoms with Crippen molar-refractivity contribution in [2.75, 3.05) is 0 Å². The zero-order chi connectivity index (χ0) is 8.81. The molecule has 0 unspecified atom stereocenters. The number of allylic oxidation sites excluding steroid dienone is 1. The van der Waals surface area contributed by atoms with Crippen molar-refractivity contribution in [1.82, 2.24) is 0 Å². The molecule has 1 aromatic rings. The van der Waals surface area contributed by atoms with E-state index < -0.39 is 0 Å². The Morgan fingerprint density at radius 3 is 2.75 bits per heavy atom. The lowest BCUT2D eigenvalue weighted by atomic mass is 10.1. The Morgan fingerprint density at radius 1 is 1.33 bits per heavy atom. The quantitative estimate of drug-likeness (QED) is 0.620. The third kappa shape index (κ3) is 2.38. The molecule has 0 heterocycles. The first-order chi connectivity index (χ1) is 5.88. The lowest BCUT2D eigenvalue weighted by Gasteiger charge is -1.99. The zero-order valence-corrected chi connectivity index (χ0v) is 8.01. The minimum absolute atomic E-state index is 0.588. The second kappa shape index (κ2) is 5.00.